The summed E-state index contributed by atoms with van der Waals surface area (Å²) in [7, 11) is 0. The van der Waals surface area contributed by atoms with Gasteiger partial charge in [0.15, 0.2) is 0 Å². The number of pyridine rings is 1. The molecule has 0 saturated heterocycles. The van der Waals surface area contributed by atoms with Crippen molar-refractivity contribution >= 4 is 11.2 Å². The highest BCUT2D eigenvalue weighted by atomic mass is 15.2. The van der Waals surface area contributed by atoms with Crippen molar-refractivity contribution in [2.24, 2.45) is 0 Å². The van der Waals surface area contributed by atoms with E-state index >= 15 is 0 Å². The van der Waals surface area contributed by atoms with Crippen LogP contribution in [0.1, 0.15) is 5.56 Å². The van der Waals surface area contributed by atoms with E-state index in [4.69, 9.17) is 5.73 Å². The summed E-state index contributed by atoms with van der Waals surface area (Å²) >= 11 is 0. The Balaban J connectivity index is 2.86. The lowest BCUT2D eigenvalue weighted by Crippen LogP contribution is -1.94. The van der Waals surface area contributed by atoms with E-state index in [2.05, 4.69) is 5.10 Å². The molecule has 0 bridgehead atoms. The van der Waals surface area contributed by atoms with E-state index in [1.807, 2.05) is 25.3 Å². The molecule has 0 spiro atoms. The van der Waals surface area contributed by atoms with E-state index in [-0.39, 0.29) is 0 Å². The third-order valence-electron chi connectivity index (χ3n) is 1.78. The first-order valence-electron chi connectivity index (χ1n) is 3.47. The second kappa shape index (κ2) is 1.99. The number of hydrogen-bond acceptors (Lipinski definition) is 2. The average molecular weight is 147 g/mol. The van der Waals surface area contributed by atoms with Crippen molar-refractivity contribution in [1.82, 2.24) is 9.61 Å². The van der Waals surface area contributed by atoms with Gasteiger partial charge in [-0.15, -0.1) is 0 Å². The Morgan fingerprint density at radius 3 is 3.18 bits per heavy atom. The Morgan fingerprint density at radius 2 is 2.36 bits per heavy atom. The maximum atomic E-state index is 5.68. The summed E-state index contributed by atoms with van der Waals surface area (Å²) in [6, 6.07) is 3.97. The van der Waals surface area contributed by atoms with Crippen molar-refractivity contribution < 1.29 is 0 Å². The minimum atomic E-state index is 0.779. The first-order valence-corrected chi connectivity index (χ1v) is 3.47. The molecular formula is C8H9N3. The second-order valence-electron chi connectivity index (χ2n) is 2.61. The van der Waals surface area contributed by atoms with Crippen LogP contribution in [0.2, 0.25) is 0 Å². The highest BCUT2D eigenvalue weighted by molar-refractivity contribution is 5.56. The predicted molar refractivity (Wildman–Crippen MR) is 44.3 cm³/mol. The van der Waals surface area contributed by atoms with E-state index in [9.17, 15) is 0 Å². The van der Waals surface area contributed by atoms with Crippen molar-refractivity contribution in [1.29, 1.82) is 0 Å². The number of nitrogen functional groups attached to an aromatic ring is 1. The molecule has 56 valence electrons. The van der Waals surface area contributed by atoms with Gasteiger partial charge in [-0.3, -0.25) is 0 Å². The van der Waals surface area contributed by atoms with Gasteiger partial charge in [0.2, 0.25) is 0 Å². The molecular weight excluding hydrogens is 138 g/mol. The highest BCUT2D eigenvalue weighted by Gasteiger charge is 1.96. The van der Waals surface area contributed by atoms with Gasteiger partial charge in [0.05, 0.1) is 17.4 Å². The summed E-state index contributed by atoms with van der Waals surface area (Å²) in [5.41, 5.74) is 8.64. The van der Waals surface area contributed by atoms with Gasteiger partial charge in [-0.05, 0) is 24.6 Å². The van der Waals surface area contributed by atoms with E-state index in [1.165, 1.54) is 0 Å². The Kier molecular flexibility index (Phi) is 1.12. The number of anilines is 1. The zero-order valence-electron chi connectivity index (χ0n) is 6.28. The Labute approximate surface area is 64.4 Å². The first kappa shape index (κ1) is 6.22. The monoisotopic (exact) mass is 147 g/mol. The van der Waals surface area contributed by atoms with Crippen molar-refractivity contribution in [3.05, 3.63) is 30.1 Å². The minimum Gasteiger partial charge on any atom is -0.397 e. The molecule has 0 saturated carbocycles. The molecule has 3 nitrogen and oxygen atoms in total. The fourth-order valence-corrected chi connectivity index (χ4v) is 1.09. The molecule has 0 aliphatic rings. The van der Waals surface area contributed by atoms with Crippen LogP contribution < -0.4 is 5.73 Å². The van der Waals surface area contributed by atoms with Crippen LogP contribution in [0.15, 0.2) is 24.5 Å². The number of aryl methyl sites for hydroxylation is 1. The molecule has 2 heterocycles. The van der Waals surface area contributed by atoms with Crippen LogP contribution in [0, 0.1) is 6.92 Å². The molecule has 0 atom stereocenters. The minimum absolute atomic E-state index is 0.779. The fourth-order valence-electron chi connectivity index (χ4n) is 1.09. The SMILES string of the molecule is Cc1cc2ccnn2cc1N. The zero-order chi connectivity index (χ0) is 7.84. The molecule has 0 unspecified atom stereocenters. The van der Waals surface area contributed by atoms with Crippen molar-refractivity contribution in [3.8, 4) is 0 Å². The number of aromatic nitrogens is 2. The summed E-state index contributed by atoms with van der Waals surface area (Å²) < 4.78 is 1.77. The lowest BCUT2D eigenvalue weighted by molar-refractivity contribution is 0.960. The summed E-state index contributed by atoms with van der Waals surface area (Å²) in [6.45, 7) is 1.99. The van der Waals surface area contributed by atoms with E-state index in [1.54, 1.807) is 10.7 Å². The molecule has 2 rings (SSSR count). The van der Waals surface area contributed by atoms with Gasteiger partial charge in [0.25, 0.3) is 0 Å². The molecule has 11 heavy (non-hydrogen) atoms. The molecule has 0 aromatic carbocycles. The van der Waals surface area contributed by atoms with Crippen molar-refractivity contribution in [2.45, 2.75) is 6.92 Å². The lowest BCUT2D eigenvalue weighted by atomic mass is 10.2. The molecule has 0 aliphatic carbocycles. The maximum absolute atomic E-state index is 5.68. The number of nitrogens with zero attached hydrogens (tertiary/aromatic N) is 2. The zero-order valence-corrected chi connectivity index (χ0v) is 6.28. The van der Waals surface area contributed by atoms with E-state index in [0.29, 0.717) is 0 Å². The molecule has 2 aromatic rings. The smallest absolute Gasteiger partial charge is 0.0665 e. The average Bonchev–Trinajstić information content (AvgIpc) is 2.36. The van der Waals surface area contributed by atoms with Gasteiger partial charge in [0.1, 0.15) is 0 Å². The third kappa shape index (κ3) is 0.852. The normalized spacial score (nSPS) is 10.6. The Hall–Kier alpha value is -1.51. The van der Waals surface area contributed by atoms with E-state index in [0.717, 1.165) is 16.8 Å². The highest BCUT2D eigenvalue weighted by Crippen LogP contribution is 2.12. The van der Waals surface area contributed by atoms with Crippen molar-refractivity contribution in [3.63, 3.8) is 0 Å². The molecule has 3 heteroatoms. The first-order chi connectivity index (χ1) is 5.27. The fraction of sp³-hybridized carbons (Fsp3) is 0.125. The van der Waals surface area contributed by atoms with Gasteiger partial charge in [0, 0.05) is 6.20 Å². The molecule has 0 fully saturated rings. The summed E-state index contributed by atoms with van der Waals surface area (Å²) in [4.78, 5) is 0. The largest absolute Gasteiger partial charge is 0.397 e. The number of hydrogen-bond donors (Lipinski definition) is 1. The molecule has 0 aliphatic heterocycles. The van der Waals surface area contributed by atoms with Gasteiger partial charge in [-0.1, -0.05) is 0 Å². The quantitative estimate of drug-likeness (QED) is 0.609. The van der Waals surface area contributed by atoms with Crippen molar-refractivity contribution in [2.75, 3.05) is 5.73 Å². The summed E-state index contributed by atoms with van der Waals surface area (Å²) in [6.07, 6.45) is 3.58. The van der Waals surface area contributed by atoms with Crippen LogP contribution in [-0.2, 0) is 0 Å². The predicted octanol–water partition coefficient (Wildman–Crippen LogP) is 1.22. The third-order valence-corrected chi connectivity index (χ3v) is 1.78. The lowest BCUT2D eigenvalue weighted by Gasteiger charge is -1.99. The Bertz CT molecular complexity index is 353. The molecule has 0 amide bonds. The standard InChI is InChI=1S/C8H9N3/c1-6-4-7-2-3-10-11(7)5-8(6)9/h2-5H,9H2,1H3. The number of rotatable bonds is 0. The maximum Gasteiger partial charge on any atom is 0.0665 e. The van der Waals surface area contributed by atoms with Crippen LogP contribution in [-0.4, -0.2) is 9.61 Å². The van der Waals surface area contributed by atoms with Crippen LogP contribution in [0.4, 0.5) is 5.69 Å². The Morgan fingerprint density at radius 1 is 1.55 bits per heavy atom. The second-order valence-corrected chi connectivity index (χ2v) is 2.61. The molecule has 0 radical (unpaired) electrons. The van der Waals surface area contributed by atoms with Gasteiger partial charge in [-0.25, -0.2) is 4.52 Å². The van der Waals surface area contributed by atoms with Gasteiger partial charge in [-0.2, -0.15) is 5.10 Å². The number of nitrogens with two attached hydrogens (primary N) is 1. The molecule has 2 N–H and O–H groups in total. The summed E-state index contributed by atoms with van der Waals surface area (Å²) in [5, 5.41) is 4.06. The number of fused-ring (bicyclic) bond motifs is 1. The summed E-state index contributed by atoms with van der Waals surface area (Å²) in [5.74, 6) is 0. The van der Waals surface area contributed by atoms with Crippen LogP contribution in [0.25, 0.3) is 5.52 Å². The van der Waals surface area contributed by atoms with Crippen LogP contribution in [0.3, 0.4) is 0 Å². The van der Waals surface area contributed by atoms with Gasteiger partial charge >= 0.3 is 0 Å². The van der Waals surface area contributed by atoms with Crippen LogP contribution in [0.5, 0.6) is 0 Å². The van der Waals surface area contributed by atoms with E-state index < -0.39 is 0 Å². The van der Waals surface area contributed by atoms with Crippen LogP contribution >= 0.6 is 0 Å². The topological polar surface area (TPSA) is 43.3 Å². The van der Waals surface area contributed by atoms with Gasteiger partial charge < -0.3 is 5.73 Å². The molecule has 2 aromatic heterocycles.